The highest BCUT2D eigenvalue weighted by Crippen LogP contribution is 2.33. The van der Waals surface area contributed by atoms with Gasteiger partial charge < -0.3 is 0 Å². The number of alkyl halides is 1. The molecular weight excluding hydrogens is 338 g/mol. The number of pyridine rings is 1. The summed E-state index contributed by atoms with van der Waals surface area (Å²) in [5, 5.41) is 3.67. The molecule has 0 fully saturated rings. The average molecular weight is 349 g/mol. The number of nitrogens with zero attached hydrogens (tertiary/aromatic N) is 1. The highest BCUT2D eigenvalue weighted by atomic mass is 79.9. The minimum absolute atomic E-state index is 0.0428. The molecule has 0 unspecified atom stereocenters. The van der Waals surface area contributed by atoms with Crippen molar-refractivity contribution in [3.8, 4) is 0 Å². The zero-order valence-electron chi connectivity index (χ0n) is 10.8. The molecule has 0 bridgehead atoms. The lowest BCUT2D eigenvalue weighted by Gasteiger charge is -2.11. The molecule has 20 heavy (non-hydrogen) atoms. The van der Waals surface area contributed by atoms with Gasteiger partial charge in [0.15, 0.2) is 5.78 Å². The van der Waals surface area contributed by atoms with E-state index in [1.54, 1.807) is 6.20 Å². The van der Waals surface area contributed by atoms with Crippen LogP contribution < -0.4 is 0 Å². The van der Waals surface area contributed by atoms with Crippen LogP contribution in [0.5, 0.6) is 0 Å². The van der Waals surface area contributed by atoms with E-state index in [1.165, 1.54) is 0 Å². The zero-order chi connectivity index (χ0) is 14.3. The van der Waals surface area contributed by atoms with Crippen molar-refractivity contribution in [2.45, 2.75) is 6.92 Å². The molecule has 0 spiro atoms. The Kier molecular flexibility index (Phi) is 3.48. The first-order valence-electron chi connectivity index (χ1n) is 6.19. The number of hydrogen-bond donors (Lipinski definition) is 0. The van der Waals surface area contributed by atoms with Crippen LogP contribution in [0, 0.1) is 6.92 Å². The van der Waals surface area contributed by atoms with Crippen LogP contribution in [-0.4, -0.2) is 16.1 Å². The van der Waals surface area contributed by atoms with Crippen molar-refractivity contribution in [1.82, 2.24) is 4.98 Å². The SMILES string of the molecule is Cc1cnc2c(cc(Cl)c3ccccc32)c1C(=O)CBr. The molecule has 2 nitrogen and oxygen atoms in total. The number of carbonyl (C=O) groups excluding carboxylic acids is 1. The van der Waals surface area contributed by atoms with Crippen LogP contribution in [0.1, 0.15) is 15.9 Å². The summed E-state index contributed by atoms with van der Waals surface area (Å²) in [5.41, 5.74) is 2.38. The third-order valence-corrected chi connectivity index (χ3v) is 4.24. The number of aromatic nitrogens is 1. The van der Waals surface area contributed by atoms with E-state index in [0.29, 0.717) is 10.6 Å². The molecule has 0 saturated carbocycles. The lowest BCUT2D eigenvalue weighted by atomic mass is 9.98. The number of halogens is 2. The van der Waals surface area contributed by atoms with Crippen molar-refractivity contribution in [1.29, 1.82) is 0 Å². The lowest BCUT2D eigenvalue weighted by Crippen LogP contribution is -2.05. The minimum atomic E-state index is 0.0428. The Balaban J connectivity index is 2.53. The van der Waals surface area contributed by atoms with Gasteiger partial charge in [0.2, 0.25) is 0 Å². The van der Waals surface area contributed by atoms with E-state index in [9.17, 15) is 4.79 Å². The van der Waals surface area contributed by atoms with Crippen LogP contribution in [0.2, 0.25) is 5.02 Å². The van der Waals surface area contributed by atoms with Crippen LogP contribution in [0.3, 0.4) is 0 Å². The first-order valence-corrected chi connectivity index (χ1v) is 7.69. The summed E-state index contributed by atoms with van der Waals surface area (Å²) < 4.78 is 0. The van der Waals surface area contributed by atoms with E-state index in [0.717, 1.165) is 27.2 Å². The van der Waals surface area contributed by atoms with Crippen molar-refractivity contribution in [2.75, 3.05) is 5.33 Å². The van der Waals surface area contributed by atoms with Crippen LogP contribution in [0.4, 0.5) is 0 Å². The van der Waals surface area contributed by atoms with Gasteiger partial charge in [-0.2, -0.15) is 0 Å². The van der Waals surface area contributed by atoms with Crippen LogP contribution >= 0.6 is 27.5 Å². The molecule has 0 N–H and O–H groups in total. The number of benzene rings is 2. The molecule has 3 rings (SSSR count). The molecule has 0 amide bonds. The second kappa shape index (κ2) is 5.15. The maximum atomic E-state index is 12.2. The zero-order valence-corrected chi connectivity index (χ0v) is 13.1. The van der Waals surface area contributed by atoms with Gasteiger partial charge in [-0.3, -0.25) is 9.78 Å². The molecule has 2 aromatic carbocycles. The smallest absolute Gasteiger partial charge is 0.174 e. The van der Waals surface area contributed by atoms with Gasteiger partial charge >= 0.3 is 0 Å². The summed E-state index contributed by atoms with van der Waals surface area (Å²) in [6.07, 6.45) is 1.75. The fourth-order valence-corrected chi connectivity index (χ4v) is 3.07. The predicted octanol–water partition coefficient (Wildman–Crippen LogP) is 4.93. The van der Waals surface area contributed by atoms with Crippen molar-refractivity contribution in [3.63, 3.8) is 0 Å². The van der Waals surface area contributed by atoms with Crippen LogP contribution in [0.25, 0.3) is 21.7 Å². The Morgan fingerprint density at radius 1 is 1.25 bits per heavy atom. The number of hydrogen-bond acceptors (Lipinski definition) is 2. The number of rotatable bonds is 2. The van der Waals surface area contributed by atoms with E-state index in [1.807, 2.05) is 37.3 Å². The molecule has 0 saturated heterocycles. The van der Waals surface area contributed by atoms with Gasteiger partial charge in [0.1, 0.15) is 0 Å². The summed E-state index contributed by atoms with van der Waals surface area (Å²) in [6.45, 7) is 1.89. The standard InChI is InChI=1S/C16H11BrClNO/c1-9-8-19-16-11-5-3-2-4-10(11)13(18)6-12(16)15(9)14(20)7-17/h2-6,8H,7H2,1H3. The summed E-state index contributed by atoms with van der Waals surface area (Å²) >= 11 is 9.59. The monoisotopic (exact) mass is 347 g/mol. The third-order valence-electron chi connectivity index (χ3n) is 3.42. The molecule has 1 heterocycles. The maximum absolute atomic E-state index is 12.2. The van der Waals surface area contributed by atoms with Crippen LogP contribution in [0.15, 0.2) is 36.5 Å². The third kappa shape index (κ3) is 2.02. The summed E-state index contributed by atoms with van der Waals surface area (Å²) in [5.74, 6) is 0.0428. The summed E-state index contributed by atoms with van der Waals surface area (Å²) in [7, 11) is 0. The van der Waals surface area contributed by atoms with Gasteiger partial charge in [0.05, 0.1) is 10.8 Å². The van der Waals surface area contributed by atoms with E-state index in [-0.39, 0.29) is 11.1 Å². The van der Waals surface area contributed by atoms with Crippen molar-refractivity contribution < 1.29 is 4.79 Å². The van der Waals surface area contributed by atoms with Gasteiger partial charge in [0, 0.05) is 32.9 Å². The lowest BCUT2D eigenvalue weighted by molar-refractivity contribution is 0.102. The van der Waals surface area contributed by atoms with E-state index in [4.69, 9.17) is 11.6 Å². The van der Waals surface area contributed by atoms with E-state index in [2.05, 4.69) is 20.9 Å². The van der Waals surface area contributed by atoms with E-state index < -0.39 is 0 Å². The van der Waals surface area contributed by atoms with Gasteiger partial charge in [-0.15, -0.1) is 0 Å². The Morgan fingerprint density at radius 3 is 2.65 bits per heavy atom. The quantitative estimate of drug-likeness (QED) is 0.373. The highest BCUT2D eigenvalue weighted by molar-refractivity contribution is 9.09. The molecule has 3 aromatic rings. The molecule has 0 radical (unpaired) electrons. The van der Waals surface area contributed by atoms with Crippen molar-refractivity contribution >= 4 is 55.0 Å². The second-order valence-electron chi connectivity index (χ2n) is 4.67. The molecule has 0 aliphatic rings. The van der Waals surface area contributed by atoms with Gasteiger partial charge in [-0.25, -0.2) is 0 Å². The Hall–Kier alpha value is -1.45. The number of carbonyl (C=O) groups is 1. The number of ketones is 1. The second-order valence-corrected chi connectivity index (χ2v) is 5.64. The van der Waals surface area contributed by atoms with Crippen molar-refractivity contribution in [2.24, 2.45) is 0 Å². The predicted molar refractivity (Wildman–Crippen MR) is 87.1 cm³/mol. The summed E-state index contributed by atoms with van der Waals surface area (Å²) in [4.78, 5) is 16.7. The molecular formula is C16H11BrClNO. The van der Waals surface area contributed by atoms with Crippen LogP contribution in [-0.2, 0) is 0 Å². The molecule has 100 valence electrons. The number of Topliss-reactive ketones (excluding diaryl/α,β-unsaturated/α-hetero) is 1. The van der Waals surface area contributed by atoms with E-state index >= 15 is 0 Å². The molecule has 1 aromatic heterocycles. The first kappa shape index (κ1) is 13.5. The molecule has 0 aliphatic carbocycles. The first-order chi connectivity index (χ1) is 9.63. The Labute approximate surface area is 129 Å². The number of fused-ring (bicyclic) bond motifs is 3. The maximum Gasteiger partial charge on any atom is 0.174 e. The normalized spacial score (nSPS) is 11.2. The fraction of sp³-hybridized carbons (Fsp3) is 0.125. The van der Waals surface area contributed by atoms with Crippen molar-refractivity contribution in [3.05, 3.63) is 52.7 Å². The molecule has 4 heteroatoms. The Bertz CT molecular complexity index is 845. The van der Waals surface area contributed by atoms with Gasteiger partial charge in [0.25, 0.3) is 0 Å². The molecule has 0 atom stereocenters. The topological polar surface area (TPSA) is 30.0 Å². The number of aryl methyl sites for hydroxylation is 1. The average Bonchev–Trinajstić information content (AvgIpc) is 2.47. The van der Waals surface area contributed by atoms with Gasteiger partial charge in [-0.05, 0) is 18.6 Å². The Morgan fingerprint density at radius 2 is 1.95 bits per heavy atom. The fourth-order valence-electron chi connectivity index (χ4n) is 2.52. The highest BCUT2D eigenvalue weighted by Gasteiger charge is 2.16. The molecule has 0 aliphatic heterocycles. The van der Waals surface area contributed by atoms with Gasteiger partial charge in [-0.1, -0.05) is 51.8 Å². The minimum Gasteiger partial charge on any atom is -0.293 e. The largest absolute Gasteiger partial charge is 0.293 e. The summed E-state index contributed by atoms with van der Waals surface area (Å²) in [6, 6.07) is 9.68.